The zero-order valence-corrected chi connectivity index (χ0v) is 10.9. The Bertz CT molecular complexity index is 665. The highest BCUT2D eigenvalue weighted by atomic mass is 16.6. The van der Waals surface area contributed by atoms with Gasteiger partial charge in [-0.2, -0.15) is 0 Å². The number of hydrogen-bond donors (Lipinski definition) is 0. The molecule has 2 aromatic carbocycles. The minimum Gasteiger partial charge on any atom is -0.363 e. The topological polar surface area (TPSA) is 46.4 Å². The predicted molar refractivity (Wildman–Crippen MR) is 79.6 cm³/mol. The average molecular weight is 266 g/mol. The van der Waals surface area contributed by atoms with Crippen LogP contribution in [0.25, 0.3) is 6.08 Å². The molecule has 0 unspecified atom stereocenters. The van der Waals surface area contributed by atoms with E-state index in [1.165, 1.54) is 5.56 Å². The molecule has 0 saturated heterocycles. The van der Waals surface area contributed by atoms with Crippen molar-refractivity contribution >= 4 is 17.5 Å². The molecule has 0 N–H and O–H groups in total. The van der Waals surface area contributed by atoms with Gasteiger partial charge in [-0.3, -0.25) is 10.1 Å². The van der Waals surface area contributed by atoms with E-state index in [9.17, 15) is 10.1 Å². The minimum atomic E-state index is -0.324. The molecule has 0 aromatic heterocycles. The van der Waals surface area contributed by atoms with Gasteiger partial charge >= 0.3 is 0 Å². The lowest BCUT2D eigenvalue weighted by molar-refractivity contribution is -0.385. The maximum atomic E-state index is 11.1. The third-order valence-corrected chi connectivity index (χ3v) is 3.42. The number of hydrogen-bond acceptors (Lipinski definition) is 3. The fourth-order valence-electron chi connectivity index (χ4n) is 2.50. The van der Waals surface area contributed by atoms with Crippen LogP contribution in [0.15, 0.2) is 54.6 Å². The molecule has 0 fully saturated rings. The van der Waals surface area contributed by atoms with Crippen molar-refractivity contribution in [1.29, 1.82) is 0 Å². The highest BCUT2D eigenvalue weighted by molar-refractivity contribution is 5.78. The van der Waals surface area contributed by atoms with Crippen molar-refractivity contribution < 1.29 is 4.92 Å². The van der Waals surface area contributed by atoms with Gasteiger partial charge in [0.25, 0.3) is 5.69 Å². The number of nitro groups is 1. The SMILES string of the molecule is O=[N+]([O-])c1cccc2c1C=CCN2Cc1ccccc1. The second-order valence-corrected chi connectivity index (χ2v) is 4.74. The average Bonchev–Trinajstić information content (AvgIpc) is 2.48. The Hall–Kier alpha value is -2.62. The monoisotopic (exact) mass is 266 g/mol. The van der Waals surface area contributed by atoms with Crippen LogP contribution in [-0.4, -0.2) is 11.5 Å². The van der Waals surface area contributed by atoms with Gasteiger partial charge in [0.15, 0.2) is 0 Å². The Morgan fingerprint density at radius 1 is 1.10 bits per heavy atom. The van der Waals surface area contributed by atoms with Crippen molar-refractivity contribution in [3.8, 4) is 0 Å². The van der Waals surface area contributed by atoms with Crippen LogP contribution in [-0.2, 0) is 6.54 Å². The molecule has 4 heteroatoms. The van der Waals surface area contributed by atoms with E-state index < -0.39 is 0 Å². The van der Waals surface area contributed by atoms with Gasteiger partial charge in [-0.1, -0.05) is 42.5 Å². The van der Waals surface area contributed by atoms with Crippen LogP contribution in [0.4, 0.5) is 11.4 Å². The summed E-state index contributed by atoms with van der Waals surface area (Å²) in [6.07, 6.45) is 3.81. The van der Waals surface area contributed by atoms with Crippen molar-refractivity contribution in [2.45, 2.75) is 6.54 Å². The molecule has 100 valence electrons. The zero-order chi connectivity index (χ0) is 13.9. The molecule has 0 bridgehead atoms. The second kappa shape index (κ2) is 5.17. The van der Waals surface area contributed by atoms with Gasteiger partial charge in [0.2, 0.25) is 0 Å². The van der Waals surface area contributed by atoms with Crippen LogP contribution in [0.2, 0.25) is 0 Å². The summed E-state index contributed by atoms with van der Waals surface area (Å²) < 4.78 is 0. The smallest absolute Gasteiger partial charge is 0.278 e. The molecule has 20 heavy (non-hydrogen) atoms. The van der Waals surface area contributed by atoms with Crippen molar-refractivity contribution in [2.75, 3.05) is 11.4 Å². The molecule has 1 aliphatic heterocycles. The Labute approximate surface area is 117 Å². The summed E-state index contributed by atoms with van der Waals surface area (Å²) in [5, 5.41) is 11.1. The van der Waals surface area contributed by atoms with Gasteiger partial charge in [-0.05, 0) is 17.7 Å². The summed E-state index contributed by atoms with van der Waals surface area (Å²) in [6, 6.07) is 15.4. The molecular weight excluding hydrogens is 252 g/mol. The van der Waals surface area contributed by atoms with Gasteiger partial charge in [0.05, 0.1) is 16.2 Å². The van der Waals surface area contributed by atoms with Crippen molar-refractivity contribution in [3.63, 3.8) is 0 Å². The van der Waals surface area contributed by atoms with Crippen LogP contribution in [0.3, 0.4) is 0 Å². The van der Waals surface area contributed by atoms with E-state index in [4.69, 9.17) is 0 Å². The number of rotatable bonds is 3. The molecule has 0 radical (unpaired) electrons. The molecule has 0 atom stereocenters. The first kappa shape index (κ1) is 12.4. The van der Waals surface area contributed by atoms with E-state index in [0.29, 0.717) is 5.56 Å². The minimum absolute atomic E-state index is 0.163. The number of benzene rings is 2. The fourth-order valence-corrected chi connectivity index (χ4v) is 2.50. The highest BCUT2D eigenvalue weighted by Gasteiger charge is 2.21. The molecule has 0 spiro atoms. The summed E-state index contributed by atoms with van der Waals surface area (Å²) in [7, 11) is 0. The lowest BCUT2D eigenvalue weighted by Gasteiger charge is -2.28. The van der Waals surface area contributed by atoms with Crippen LogP contribution < -0.4 is 4.90 Å². The third kappa shape index (κ3) is 2.28. The summed E-state index contributed by atoms with van der Waals surface area (Å²) >= 11 is 0. The quantitative estimate of drug-likeness (QED) is 0.629. The fraction of sp³-hybridized carbons (Fsp3) is 0.125. The molecule has 1 heterocycles. The lowest BCUT2D eigenvalue weighted by Crippen LogP contribution is -2.25. The van der Waals surface area contributed by atoms with E-state index in [-0.39, 0.29) is 10.6 Å². The van der Waals surface area contributed by atoms with Crippen LogP contribution in [0.1, 0.15) is 11.1 Å². The predicted octanol–water partition coefficient (Wildman–Crippen LogP) is 3.63. The maximum absolute atomic E-state index is 11.1. The number of fused-ring (bicyclic) bond motifs is 1. The number of nitro benzene ring substituents is 1. The first-order chi connectivity index (χ1) is 9.75. The van der Waals surface area contributed by atoms with Crippen molar-refractivity contribution in [3.05, 3.63) is 75.8 Å². The van der Waals surface area contributed by atoms with Gasteiger partial charge in [0.1, 0.15) is 0 Å². The normalized spacial score (nSPS) is 13.1. The molecule has 0 saturated carbocycles. The van der Waals surface area contributed by atoms with E-state index in [1.54, 1.807) is 12.1 Å². The molecule has 4 nitrogen and oxygen atoms in total. The van der Waals surface area contributed by atoms with Crippen LogP contribution >= 0.6 is 0 Å². The highest BCUT2D eigenvalue weighted by Crippen LogP contribution is 2.33. The van der Waals surface area contributed by atoms with E-state index in [2.05, 4.69) is 17.0 Å². The maximum Gasteiger partial charge on any atom is 0.278 e. The molecule has 0 aliphatic carbocycles. The summed E-state index contributed by atoms with van der Waals surface area (Å²) in [5.74, 6) is 0. The molecule has 2 aromatic rings. The van der Waals surface area contributed by atoms with Crippen LogP contribution in [0, 0.1) is 10.1 Å². The summed E-state index contributed by atoms with van der Waals surface area (Å²) in [5.41, 5.74) is 2.97. The Morgan fingerprint density at radius 3 is 2.65 bits per heavy atom. The van der Waals surface area contributed by atoms with Crippen molar-refractivity contribution in [2.24, 2.45) is 0 Å². The molecular formula is C16H14N2O2. The Balaban J connectivity index is 1.97. The van der Waals surface area contributed by atoms with E-state index >= 15 is 0 Å². The number of nitrogens with zero attached hydrogens (tertiary/aromatic N) is 2. The second-order valence-electron chi connectivity index (χ2n) is 4.74. The lowest BCUT2D eigenvalue weighted by atomic mass is 10.0. The van der Waals surface area contributed by atoms with Gasteiger partial charge in [0, 0.05) is 19.2 Å². The Kier molecular flexibility index (Phi) is 3.21. The summed E-state index contributed by atoms with van der Waals surface area (Å²) in [6.45, 7) is 1.52. The van der Waals surface area contributed by atoms with Crippen LogP contribution in [0.5, 0.6) is 0 Å². The largest absolute Gasteiger partial charge is 0.363 e. The van der Waals surface area contributed by atoms with Gasteiger partial charge in [-0.15, -0.1) is 0 Å². The van der Waals surface area contributed by atoms with E-state index in [0.717, 1.165) is 18.8 Å². The van der Waals surface area contributed by atoms with Gasteiger partial charge < -0.3 is 4.90 Å². The van der Waals surface area contributed by atoms with Crippen molar-refractivity contribution in [1.82, 2.24) is 0 Å². The Morgan fingerprint density at radius 2 is 1.90 bits per heavy atom. The summed E-state index contributed by atoms with van der Waals surface area (Å²) in [4.78, 5) is 12.9. The first-order valence-corrected chi connectivity index (χ1v) is 6.48. The van der Waals surface area contributed by atoms with E-state index in [1.807, 2.05) is 36.4 Å². The number of anilines is 1. The van der Waals surface area contributed by atoms with Gasteiger partial charge in [-0.25, -0.2) is 0 Å². The molecule has 1 aliphatic rings. The zero-order valence-electron chi connectivity index (χ0n) is 10.9. The molecule has 3 rings (SSSR count). The molecule has 0 amide bonds. The first-order valence-electron chi connectivity index (χ1n) is 6.48. The standard InChI is InChI=1S/C16H14N2O2/c19-18(20)16-10-4-9-15-14(16)8-5-11-17(15)12-13-6-2-1-3-7-13/h1-10H,11-12H2. The third-order valence-electron chi connectivity index (χ3n) is 3.42.